The van der Waals surface area contributed by atoms with Crippen molar-refractivity contribution in [3.8, 4) is 0 Å². The van der Waals surface area contributed by atoms with Crippen molar-refractivity contribution in [3.05, 3.63) is 35.4 Å². The van der Waals surface area contributed by atoms with E-state index in [1.54, 1.807) is 12.1 Å². The van der Waals surface area contributed by atoms with Crippen LogP contribution in [-0.4, -0.2) is 19.0 Å². The number of benzene rings is 1. The third kappa shape index (κ3) is 2.60. The van der Waals surface area contributed by atoms with Crippen molar-refractivity contribution in [3.63, 3.8) is 0 Å². The summed E-state index contributed by atoms with van der Waals surface area (Å²) in [4.78, 5) is 0. The van der Waals surface area contributed by atoms with Gasteiger partial charge in [0.25, 0.3) is 0 Å². The van der Waals surface area contributed by atoms with Crippen molar-refractivity contribution in [2.75, 3.05) is 0 Å². The average molecular weight is 202 g/mol. The lowest BCUT2D eigenvalue weighted by Crippen LogP contribution is -2.04. The van der Waals surface area contributed by atoms with E-state index in [9.17, 15) is 4.21 Å². The van der Waals surface area contributed by atoms with E-state index in [-0.39, 0.29) is 6.61 Å². The molecule has 0 saturated carbocycles. The molecule has 0 spiro atoms. The summed E-state index contributed by atoms with van der Waals surface area (Å²) in [6.45, 7) is -0.0847. The van der Waals surface area contributed by atoms with Crippen LogP contribution in [0.25, 0.3) is 0 Å². The normalized spacial score (nSPS) is 15.3. The Labute approximate surface area is 78.1 Å². The van der Waals surface area contributed by atoms with Crippen LogP contribution in [0.5, 0.6) is 0 Å². The van der Waals surface area contributed by atoms with Gasteiger partial charge in [0.2, 0.25) is 0 Å². The van der Waals surface area contributed by atoms with Gasteiger partial charge in [-0.05, 0) is 11.1 Å². The molecule has 3 N–H and O–H groups in total. The molecule has 1 rings (SSSR count). The van der Waals surface area contributed by atoms with E-state index in [4.69, 9.17) is 14.8 Å². The first-order valence-electron chi connectivity index (χ1n) is 3.62. The Kier molecular flexibility index (Phi) is 3.56. The molecule has 0 aliphatic heterocycles. The molecule has 0 bridgehead atoms. The van der Waals surface area contributed by atoms with E-state index in [1.165, 1.54) is 12.1 Å². The first-order valence-corrected chi connectivity index (χ1v) is 4.79. The van der Waals surface area contributed by atoms with E-state index in [0.29, 0.717) is 11.1 Å². The Morgan fingerprint density at radius 3 is 2.23 bits per heavy atom. The van der Waals surface area contributed by atoms with Gasteiger partial charge in [-0.2, -0.15) is 0 Å². The Bertz CT molecular complexity index is 296. The van der Waals surface area contributed by atoms with Crippen molar-refractivity contribution in [1.29, 1.82) is 0 Å². The van der Waals surface area contributed by atoms with Crippen LogP contribution >= 0.6 is 0 Å². The minimum Gasteiger partial charge on any atom is -0.392 e. The smallest absolute Gasteiger partial charge is 0.187 e. The van der Waals surface area contributed by atoms with Crippen LogP contribution in [0.2, 0.25) is 0 Å². The second kappa shape index (κ2) is 4.48. The third-order valence-electron chi connectivity index (χ3n) is 1.64. The van der Waals surface area contributed by atoms with Gasteiger partial charge in [-0.15, -0.1) is 0 Å². The number of hydrogen-bond acceptors (Lipinski definition) is 3. The Morgan fingerprint density at radius 1 is 1.31 bits per heavy atom. The number of rotatable bonds is 3. The zero-order valence-electron chi connectivity index (χ0n) is 6.75. The van der Waals surface area contributed by atoms with Crippen molar-refractivity contribution in [2.45, 2.75) is 12.0 Å². The summed E-state index contributed by atoms with van der Waals surface area (Å²) in [6, 6.07) is 6.19. The summed E-state index contributed by atoms with van der Waals surface area (Å²) in [7, 11) is 0. The van der Waals surface area contributed by atoms with Crippen molar-refractivity contribution >= 4 is 11.1 Å². The second-order valence-electron chi connectivity index (χ2n) is 2.53. The second-order valence-corrected chi connectivity index (χ2v) is 3.53. The van der Waals surface area contributed by atoms with E-state index in [1.807, 2.05) is 0 Å². The van der Waals surface area contributed by atoms with Crippen LogP contribution in [0.15, 0.2) is 24.3 Å². The maximum atomic E-state index is 10.5. The van der Waals surface area contributed by atoms with E-state index >= 15 is 0 Å². The van der Waals surface area contributed by atoms with Crippen LogP contribution in [0, 0.1) is 0 Å². The third-order valence-corrected chi connectivity index (χ3v) is 2.29. The first kappa shape index (κ1) is 10.3. The maximum absolute atomic E-state index is 10.5. The fourth-order valence-electron chi connectivity index (χ4n) is 0.904. The van der Waals surface area contributed by atoms with Gasteiger partial charge in [0.15, 0.2) is 16.5 Å². The fraction of sp³-hybridized carbons (Fsp3) is 0.250. The Balaban J connectivity index is 2.85. The highest BCUT2D eigenvalue weighted by Gasteiger charge is 2.12. The van der Waals surface area contributed by atoms with Gasteiger partial charge in [0.1, 0.15) is 0 Å². The number of aliphatic hydroxyl groups is 2. The lowest BCUT2D eigenvalue weighted by Gasteiger charge is -2.06. The van der Waals surface area contributed by atoms with Gasteiger partial charge in [-0.25, -0.2) is 4.21 Å². The molecule has 1 aromatic rings. The van der Waals surface area contributed by atoms with Gasteiger partial charge in [0, 0.05) is 0 Å². The van der Waals surface area contributed by atoms with Crippen molar-refractivity contribution < 1.29 is 19.0 Å². The predicted molar refractivity (Wildman–Crippen MR) is 48.1 cm³/mol. The molecule has 72 valence electrons. The van der Waals surface area contributed by atoms with Crippen LogP contribution in [0.3, 0.4) is 0 Å². The predicted octanol–water partition coefficient (Wildman–Crippen LogP) is 0.392. The SMILES string of the molecule is O=S(O)C(O)c1ccc(CO)cc1. The van der Waals surface area contributed by atoms with Crippen LogP contribution in [-0.2, 0) is 17.7 Å². The molecule has 1 aromatic carbocycles. The molecule has 2 atom stereocenters. The molecule has 0 fully saturated rings. The van der Waals surface area contributed by atoms with Crippen molar-refractivity contribution in [2.24, 2.45) is 0 Å². The summed E-state index contributed by atoms with van der Waals surface area (Å²) < 4.78 is 19.0. The van der Waals surface area contributed by atoms with Gasteiger partial charge in [0.05, 0.1) is 6.61 Å². The van der Waals surface area contributed by atoms with Gasteiger partial charge < -0.3 is 14.8 Å². The summed E-state index contributed by atoms with van der Waals surface area (Å²) >= 11 is -2.28. The Hall–Kier alpha value is -0.750. The summed E-state index contributed by atoms with van der Waals surface area (Å²) in [6.07, 6.45) is 0. The molecular formula is C8H10O4S. The number of aliphatic hydroxyl groups excluding tert-OH is 2. The molecule has 0 amide bonds. The van der Waals surface area contributed by atoms with Gasteiger partial charge in [-0.1, -0.05) is 24.3 Å². The van der Waals surface area contributed by atoms with Gasteiger partial charge in [-0.3, -0.25) is 0 Å². The topological polar surface area (TPSA) is 77.8 Å². The van der Waals surface area contributed by atoms with Gasteiger partial charge >= 0.3 is 0 Å². The molecule has 0 heterocycles. The molecule has 2 unspecified atom stereocenters. The van der Waals surface area contributed by atoms with E-state index in [2.05, 4.69) is 0 Å². The monoisotopic (exact) mass is 202 g/mol. The van der Waals surface area contributed by atoms with Crippen LogP contribution < -0.4 is 0 Å². The molecule has 0 aromatic heterocycles. The molecule has 13 heavy (non-hydrogen) atoms. The molecule has 0 saturated heterocycles. The molecular weight excluding hydrogens is 192 g/mol. The highest BCUT2D eigenvalue weighted by molar-refractivity contribution is 7.79. The molecule has 4 nitrogen and oxygen atoms in total. The van der Waals surface area contributed by atoms with E-state index in [0.717, 1.165) is 0 Å². The maximum Gasteiger partial charge on any atom is 0.187 e. The molecule has 0 aliphatic rings. The fourth-order valence-corrected chi connectivity index (χ4v) is 1.29. The first-order chi connectivity index (χ1) is 6.15. The lowest BCUT2D eigenvalue weighted by atomic mass is 10.1. The highest BCUT2D eigenvalue weighted by Crippen LogP contribution is 2.15. The molecule has 0 radical (unpaired) electrons. The molecule has 0 aliphatic carbocycles. The minimum atomic E-state index is -2.28. The Morgan fingerprint density at radius 2 is 1.85 bits per heavy atom. The van der Waals surface area contributed by atoms with Crippen molar-refractivity contribution in [1.82, 2.24) is 0 Å². The highest BCUT2D eigenvalue weighted by atomic mass is 32.2. The van der Waals surface area contributed by atoms with Crippen LogP contribution in [0.1, 0.15) is 16.6 Å². The number of hydrogen-bond donors (Lipinski definition) is 3. The quantitative estimate of drug-likeness (QED) is 0.620. The zero-order valence-corrected chi connectivity index (χ0v) is 7.57. The zero-order chi connectivity index (χ0) is 9.84. The summed E-state index contributed by atoms with van der Waals surface area (Å²) in [5.41, 5.74) is -0.328. The van der Waals surface area contributed by atoms with Crippen LogP contribution in [0.4, 0.5) is 0 Å². The minimum absolute atomic E-state index is 0.0847. The lowest BCUT2D eigenvalue weighted by molar-refractivity contribution is 0.251. The molecule has 5 heteroatoms. The summed E-state index contributed by atoms with van der Waals surface area (Å²) in [5, 5.41) is 17.9. The standard InChI is InChI=1S/C8H10O4S/c9-5-6-1-3-7(4-2-6)8(10)13(11)12/h1-4,8-10H,5H2,(H,11,12). The summed E-state index contributed by atoms with van der Waals surface area (Å²) in [5.74, 6) is 0. The van der Waals surface area contributed by atoms with E-state index < -0.39 is 16.5 Å². The largest absolute Gasteiger partial charge is 0.392 e. The average Bonchev–Trinajstić information content (AvgIpc) is 2.17.